The quantitative estimate of drug-likeness (QED) is 0.448. The van der Waals surface area contributed by atoms with Gasteiger partial charge in [0.1, 0.15) is 9.21 Å². The standard InChI is InChI=1S/C6H4Cl10/c7-2-3(8,6(14,15)16)4(9,10)1-5(11,12)13/h1-2H2. The van der Waals surface area contributed by atoms with Crippen molar-refractivity contribution in [3.63, 3.8) is 0 Å². The summed E-state index contributed by atoms with van der Waals surface area (Å²) in [6.07, 6.45) is -0.363. The molecule has 0 heterocycles. The third kappa shape index (κ3) is 4.78. The molecule has 0 spiro atoms. The minimum Gasteiger partial charge on any atom is -0.125 e. The Morgan fingerprint density at radius 2 is 1.06 bits per heavy atom. The van der Waals surface area contributed by atoms with Crippen molar-refractivity contribution in [3.8, 4) is 0 Å². The Labute approximate surface area is 144 Å². The average molecular weight is 431 g/mol. The maximum absolute atomic E-state index is 6.03. The molecule has 0 aliphatic heterocycles. The summed E-state index contributed by atoms with van der Waals surface area (Å²) in [6.45, 7) is 0. The van der Waals surface area contributed by atoms with Gasteiger partial charge >= 0.3 is 0 Å². The van der Waals surface area contributed by atoms with Crippen LogP contribution in [0.25, 0.3) is 0 Å². The predicted molar refractivity (Wildman–Crippen MR) is 78.9 cm³/mol. The monoisotopic (exact) mass is 426 g/mol. The molecule has 0 nitrogen and oxygen atoms in total. The lowest BCUT2D eigenvalue weighted by Crippen LogP contribution is -2.54. The van der Waals surface area contributed by atoms with E-state index >= 15 is 0 Å². The molecule has 0 bridgehead atoms. The molecular formula is C6H4Cl10. The highest BCUT2D eigenvalue weighted by atomic mass is 35.6. The molecule has 98 valence electrons. The van der Waals surface area contributed by atoms with Gasteiger partial charge in [0, 0.05) is 12.3 Å². The predicted octanol–water partition coefficient (Wildman–Crippen LogP) is 6.51. The normalized spacial score (nSPS) is 18.4. The van der Waals surface area contributed by atoms with Crippen molar-refractivity contribution in [2.75, 3.05) is 5.88 Å². The van der Waals surface area contributed by atoms with Crippen molar-refractivity contribution in [2.45, 2.75) is 23.2 Å². The fourth-order valence-corrected chi connectivity index (χ4v) is 4.41. The van der Waals surface area contributed by atoms with E-state index in [0.717, 1.165) is 0 Å². The van der Waals surface area contributed by atoms with Gasteiger partial charge in [0.2, 0.25) is 3.79 Å². The Bertz CT molecular complexity index is 237. The number of alkyl halides is 10. The number of hydrogen-bond acceptors (Lipinski definition) is 0. The van der Waals surface area contributed by atoms with Crippen molar-refractivity contribution >= 4 is 116 Å². The fourth-order valence-electron chi connectivity index (χ4n) is 0.773. The Morgan fingerprint density at radius 3 is 1.25 bits per heavy atom. The summed E-state index contributed by atoms with van der Waals surface area (Å²) >= 11 is 57.3. The third-order valence-electron chi connectivity index (χ3n) is 1.64. The molecule has 0 radical (unpaired) electrons. The van der Waals surface area contributed by atoms with Gasteiger partial charge in [-0.2, -0.15) is 0 Å². The Balaban J connectivity index is 5.24. The van der Waals surface area contributed by atoms with Gasteiger partial charge in [-0.05, 0) is 0 Å². The molecule has 0 saturated carbocycles. The van der Waals surface area contributed by atoms with E-state index in [2.05, 4.69) is 0 Å². The molecule has 0 amide bonds. The van der Waals surface area contributed by atoms with Gasteiger partial charge in [0.05, 0.1) is 0 Å². The van der Waals surface area contributed by atoms with E-state index in [1.54, 1.807) is 0 Å². The van der Waals surface area contributed by atoms with E-state index in [1.807, 2.05) is 0 Å². The molecule has 16 heavy (non-hydrogen) atoms. The van der Waals surface area contributed by atoms with E-state index in [1.165, 1.54) is 0 Å². The third-order valence-corrected chi connectivity index (χ3v) is 5.68. The van der Waals surface area contributed by atoms with Gasteiger partial charge in [0.15, 0.2) is 3.79 Å². The second-order valence-electron chi connectivity index (χ2n) is 2.93. The molecule has 10 heteroatoms. The molecule has 0 rings (SSSR count). The molecule has 1 unspecified atom stereocenters. The first kappa shape index (κ1) is 18.9. The summed E-state index contributed by atoms with van der Waals surface area (Å²) in [5.74, 6) is -0.348. The molecule has 0 fully saturated rings. The van der Waals surface area contributed by atoms with Crippen LogP contribution in [-0.2, 0) is 0 Å². The van der Waals surface area contributed by atoms with Crippen LogP contribution in [0.15, 0.2) is 0 Å². The van der Waals surface area contributed by atoms with Crippen LogP contribution in [0.5, 0.6) is 0 Å². The number of rotatable bonds is 3. The minimum atomic E-state index is -2.03. The molecule has 0 saturated heterocycles. The lowest BCUT2D eigenvalue weighted by atomic mass is 10.1. The van der Waals surface area contributed by atoms with Gasteiger partial charge in [-0.3, -0.25) is 0 Å². The van der Waals surface area contributed by atoms with E-state index < -0.39 is 16.8 Å². The first-order chi connectivity index (χ1) is 6.77. The maximum Gasteiger partial charge on any atom is 0.213 e. The van der Waals surface area contributed by atoms with Crippen LogP contribution in [-0.4, -0.2) is 22.7 Å². The Kier molecular flexibility index (Phi) is 7.23. The van der Waals surface area contributed by atoms with Crippen LogP contribution in [0.3, 0.4) is 0 Å². The van der Waals surface area contributed by atoms with Gasteiger partial charge in [0.25, 0.3) is 0 Å². The summed E-state index contributed by atoms with van der Waals surface area (Å²) in [5, 5.41) is 0. The zero-order valence-electron chi connectivity index (χ0n) is 7.19. The molecular weight excluding hydrogens is 427 g/mol. The number of hydrogen-bond donors (Lipinski definition) is 0. The summed E-state index contributed by atoms with van der Waals surface area (Å²) in [7, 11) is 0. The molecule has 1 atom stereocenters. The molecule has 0 aromatic heterocycles. The Hall–Kier alpha value is 2.90. The van der Waals surface area contributed by atoms with Crippen LogP contribution in [0.4, 0.5) is 0 Å². The van der Waals surface area contributed by atoms with E-state index in [-0.39, 0.29) is 12.3 Å². The second-order valence-corrected chi connectivity index (χ2v) is 10.1. The van der Waals surface area contributed by atoms with E-state index in [0.29, 0.717) is 0 Å². The summed E-state index contributed by atoms with van der Waals surface area (Å²) < 4.78 is -5.63. The molecule has 0 aromatic rings. The SMILES string of the molecule is ClCC(Cl)(C(Cl)(Cl)Cl)C(Cl)(Cl)CC(Cl)(Cl)Cl. The lowest BCUT2D eigenvalue weighted by molar-refractivity contribution is 0.530. The van der Waals surface area contributed by atoms with Crippen molar-refractivity contribution in [3.05, 3.63) is 0 Å². The largest absolute Gasteiger partial charge is 0.213 e. The van der Waals surface area contributed by atoms with Gasteiger partial charge in [-0.25, -0.2) is 0 Å². The Morgan fingerprint density at radius 1 is 0.688 bits per heavy atom. The summed E-state index contributed by atoms with van der Waals surface area (Å²) in [5.41, 5.74) is 0. The first-order valence-electron chi connectivity index (χ1n) is 3.53. The van der Waals surface area contributed by atoms with E-state index in [9.17, 15) is 0 Å². The average Bonchev–Trinajstić information content (AvgIpc) is 1.95. The molecule has 0 aliphatic carbocycles. The zero-order chi connectivity index (χ0) is 13.4. The lowest BCUT2D eigenvalue weighted by Gasteiger charge is -2.42. The zero-order valence-corrected chi connectivity index (χ0v) is 14.8. The van der Waals surface area contributed by atoms with Crippen molar-refractivity contribution in [1.29, 1.82) is 0 Å². The van der Waals surface area contributed by atoms with Crippen LogP contribution in [0, 0.1) is 0 Å². The number of halogens is 10. The summed E-state index contributed by atoms with van der Waals surface area (Å²) in [6, 6.07) is 0. The van der Waals surface area contributed by atoms with Gasteiger partial charge < -0.3 is 0 Å². The fraction of sp³-hybridized carbons (Fsp3) is 1.00. The van der Waals surface area contributed by atoms with Gasteiger partial charge in [-0.15, -0.1) is 23.2 Å². The molecule has 0 aromatic carbocycles. The highest BCUT2D eigenvalue weighted by molar-refractivity contribution is 6.74. The van der Waals surface area contributed by atoms with Crippen LogP contribution < -0.4 is 0 Å². The van der Waals surface area contributed by atoms with Crippen LogP contribution >= 0.6 is 116 Å². The minimum absolute atomic E-state index is 0.348. The van der Waals surface area contributed by atoms with Gasteiger partial charge in [-0.1, -0.05) is 92.8 Å². The van der Waals surface area contributed by atoms with Crippen molar-refractivity contribution in [1.82, 2.24) is 0 Å². The smallest absolute Gasteiger partial charge is 0.125 e. The van der Waals surface area contributed by atoms with Crippen LogP contribution in [0.2, 0.25) is 0 Å². The van der Waals surface area contributed by atoms with Crippen molar-refractivity contribution < 1.29 is 0 Å². The van der Waals surface area contributed by atoms with Crippen LogP contribution in [0.1, 0.15) is 6.42 Å². The maximum atomic E-state index is 6.03. The molecule has 0 N–H and O–H groups in total. The second kappa shape index (κ2) is 6.12. The summed E-state index contributed by atoms with van der Waals surface area (Å²) in [4.78, 5) is -1.81. The first-order valence-corrected chi connectivity index (χ1v) is 7.46. The highest BCUT2D eigenvalue weighted by Crippen LogP contribution is 2.58. The topological polar surface area (TPSA) is 0 Å². The van der Waals surface area contributed by atoms with Crippen molar-refractivity contribution in [2.24, 2.45) is 0 Å². The highest BCUT2D eigenvalue weighted by Gasteiger charge is 2.61. The molecule has 0 aliphatic rings. The van der Waals surface area contributed by atoms with E-state index in [4.69, 9.17) is 116 Å².